The number of halogens is 1. The summed E-state index contributed by atoms with van der Waals surface area (Å²) in [5.74, 6) is 0.354. The molecule has 1 atom stereocenters. The predicted molar refractivity (Wildman–Crippen MR) is 94.3 cm³/mol. The van der Waals surface area contributed by atoms with E-state index in [1.165, 1.54) is 0 Å². The lowest BCUT2D eigenvalue weighted by atomic mass is 9.98. The van der Waals surface area contributed by atoms with Gasteiger partial charge in [-0.1, -0.05) is 11.6 Å². The van der Waals surface area contributed by atoms with Crippen LogP contribution in [0.3, 0.4) is 0 Å². The number of anilines is 1. The molecule has 1 aliphatic rings. The van der Waals surface area contributed by atoms with Gasteiger partial charge in [0, 0.05) is 37.0 Å². The average Bonchev–Trinajstić information content (AvgIpc) is 2.55. The Bertz CT molecular complexity index is 594. The molecule has 6 nitrogen and oxygen atoms in total. The van der Waals surface area contributed by atoms with Gasteiger partial charge in [-0.15, -0.1) is 0 Å². The Morgan fingerprint density at radius 3 is 2.92 bits per heavy atom. The van der Waals surface area contributed by atoms with E-state index in [0.717, 1.165) is 24.9 Å². The highest BCUT2D eigenvalue weighted by molar-refractivity contribution is 6.30. The number of carbonyl (C=O) groups is 2. The number of nitrogens with one attached hydrogen (secondary N) is 1. The Balaban J connectivity index is 1.90. The second-order valence-corrected chi connectivity index (χ2v) is 6.36. The van der Waals surface area contributed by atoms with Crippen LogP contribution < -0.4 is 15.8 Å². The molecule has 2 rings (SSSR count). The zero-order chi connectivity index (χ0) is 17.5. The molecule has 2 amide bonds. The first-order valence-electron chi connectivity index (χ1n) is 8.16. The van der Waals surface area contributed by atoms with Crippen molar-refractivity contribution in [2.24, 2.45) is 5.73 Å². The maximum absolute atomic E-state index is 12.5. The van der Waals surface area contributed by atoms with E-state index in [0.29, 0.717) is 30.3 Å². The molecule has 7 heteroatoms. The van der Waals surface area contributed by atoms with Gasteiger partial charge in [-0.05, 0) is 37.5 Å². The summed E-state index contributed by atoms with van der Waals surface area (Å²) in [4.78, 5) is 25.5. The van der Waals surface area contributed by atoms with Gasteiger partial charge in [0.05, 0.1) is 12.8 Å². The number of amides is 2. The van der Waals surface area contributed by atoms with Crippen LogP contribution in [-0.2, 0) is 9.59 Å². The van der Waals surface area contributed by atoms with Crippen molar-refractivity contribution in [3.63, 3.8) is 0 Å². The normalized spacial score (nSPS) is 17.4. The number of nitrogens with zero attached hydrogens (tertiary/aromatic N) is 1. The van der Waals surface area contributed by atoms with Crippen LogP contribution in [0.1, 0.15) is 32.1 Å². The molecule has 3 N–H and O–H groups in total. The topological polar surface area (TPSA) is 84.7 Å². The molecule has 0 bridgehead atoms. The predicted octanol–water partition coefficient (Wildman–Crippen LogP) is 2.41. The number of rotatable bonds is 7. The number of hydrogen-bond acceptors (Lipinski definition) is 4. The number of likely N-dealkylation sites (tertiary alicyclic amines) is 1. The van der Waals surface area contributed by atoms with Crippen molar-refractivity contribution in [2.45, 2.75) is 38.1 Å². The van der Waals surface area contributed by atoms with Gasteiger partial charge >= 0.3 is 0 Å². The van der Waals surface area contributed by atoms with Crippen LogP contribution in [0.4, 0.5) is 5.69 Å². The smallest absolute Gasteiger partial charge is 0.224 e. The molecule has 0 radical (unpaired) electrons. The van der Waals surface area contributed by atoms with E-state index in [-0.39, 0.29) is 24.3 Å². The summed E-state index contributed by atoms with van der Waals surface area (Å²) in [5, 5.41) is 3.78. The first-order chi connectivity index (χ1) is 11.5. The Hall–Kier alpha value is -1.95. The summed E-state index contributed by atoms with van der Waals surface area (Å²) in [5.41, 5.74) is 6.05. The molecule has 0 aromatic heterocycles. The van der Waals surface area contributed by atoms with E-state index in [9.17, 15) is 9.59 Å². The molecular formula is C17H24ClN3O3. The molecule has 1 fully saturated rings. The van der Waals surface area contributed by atoms with Crippen molar-refractivity contribution in [3.8, 4) is 5.75 Å². The van der Waals surface area contributed by atoms with Crippen molar-refractivity contribution >= 4 is 29.1 Å². The standard InChI is InChI=1S/C17H24ClN3O3/c1-24-15-6-5-12(18)10-14(15)20-8-7-17(23)21-9-3-2-4-13(21)11-16(19)22/h5-6,10,13,20H,2-4,7-9,11H2,1H3,(H2,19,22). The molecule has 0 saturated carbocycles. The third-order valence-electron chi connectivity index (χ3n) is 4.20. The van der Waals surface area contributed by atoms with E-state index in [4.69, 9.17) is 22.1 Å². The summed E-state index contributed by atoms with van der Waals surface area (Å²) in [6, 6.07) is 5.23. The molecule has 1 unspecified atom stereocenters. The van der Waals surface area contributed by atoms with Gasteiger partial charge in [0.15, 0.2) is 0 Å². The molecule has 0 aliphatic carbocycles. The molecular weight excluding hydrogens is 330 g/mol. The summed E-state index contributed by atoms with van der Waals surface area (Å²) < 4.78 is 5.27. The maximum Gasteiger partial charge on any atom is 0.224 e. The fourth-order valence-electron chi connectivity index (χ4n) is 3.04. The highest BCUT2D eigenvalue weighted by Gasteiger charge is 2.27. The Morgan fingerprint density at radius 1 is 1.42 bits per heavy atom. The number of methoxy groups -OCH3 is 1. The molecule has 1 heterocycles. The fraction of sp³-hybridized carbons (Fsp3) is 0.529. The number of hydrogen-bond donors (Lipinski definition) is 2. The van der Waals surface area contributed by atoms with Crippen molar-refractivity contribution in [3.05, 3.63) is 23.2 Å². The van der Waals surface area contributed by atoms with Crippen molar-refractivity contribution in [2.75, 3.05) is 25.5 Å². The molecule has 1 aliphatic heterocycles. The third kappa shape index (κ3) is 5.03. The Labute approximate surface area is 147 Å². The lowest BCUT2D eigenvalue weighted by Gasteiger charge is -2.35. The van der Waals surface area contributed by atoms with Crippen molar-refractivity contribution in [1.82, 2.24) is 4.90 Å². The number of nitrogens with two attached hydrogens (primary N) is 1. The average molecular weight is 354 g/mol. The number of primary amides is 1. The van der Waals surface area contributed by atoms with Crippen LogP contribution in [0, 0.1) is 0 Å². The van der Waals surface area contributed by atoms with Gasteiger partial charge in [0.25, 0.3) is 0 Å². The number of carbonyl (C=O) groups excluding carboxylic acids is 2. The van der Waals surface area contributed by atoms with Crippen LogP contribution in [0.15, 0.2) is 18.2 Å². The molecule has 0 spiro atoms. The summed E-state index contributed by atoms with van der Waals surface area (Å²) in [6.45, 7) is 1.16. The van der Waals surface area contributed by atoms with E-state index in [1.807, 2.05) is 0 Å². The zero-order valence-corrected chi connectivity index (χ0v) is 14.6. The van der Waals surface area contributed by atoms with E-state index in [2.05, 4.69) is 5.32 Å². The van der Waals surface area contributed by atoms with E-state index in [1.54, 1.807) is 30.2 Å². The second-order valence-electron chi connectivity index (χ2n) is 5.93. The van der Waals surface area contributed by atoms with Crippen LogP contribution in [0.2, 0.25) is 5.02 Å². The summed E-state index contributed by atoms with van der Waals surface area (Å²) in [6.07, 6.45) is 3.41. The lowest BCUT2D eigenvalue weighted by molar-refractivity contribution is -0.135. The Morgan fingerprint density at radius 2 is 2.21 bits per heavy atom. The van der Waals surface area contributed by atoms with Crippen LogP contribution in [-0.4, -0.2) is 43.0 Å². The lowest BCUT2D eigenvalue weighted by Crippen LogP contribution is -2.45. The molecule has 24 heavy (non-hydrogen) atoms. The molecule has 132 valence electrons. The van der Waals surface area contributed by atoms with Gasteiger partial charge in [-0.3, -0.25) is 9.59 Å². The summed E-state index contributed by atoms with van der Waals surface area (Å²) in [7, 11) is 1.59. The first kappa shape index (κ1) is 18.4. The summed E-state index contributed by atoms with van der Waals surface area (Å²) >= 11 is 5.99. The fourth-order valence-corrected chi connectivity index (χ4v) is 3.21. The van der Waals surface area contributed by atoms with E-state index < -0.39 is 0 Å². The number of piperidine rings is 1. The van der Waals surface area contributed by atoms with Gasteiger partial charge in [-0.25, -0.2) is 0 Å². The monoisotopic (exact) mass is 353 g/mol. The Kier molecular flexibility index (Phi) is 6.73. The van der Waals surface area contributed by atoms with Crippen LogP contribution in [0.25, 0.3) is 0 Å². The van der Waals surface area contributed by atoms with Crippen molar-refractivity contribution < 1.29 is 14.3 Å². The molecule has 1 aromatic carbocycles. The number of benzene rings is 1. The minimum absolute atomic E-state index is 0.0365. The van der Waals surface area contributed by atoms with Crippen LogP contribution >= 0.6 is 11.6 Å². The highest BCUT2D eigenvalue weighted by atomic mass is 35.5. The zero-order valence-electron chi connectivity index (χ0n) is 13.9. The van der Waals surface area contributed by atoms with E-state index >= 15 is 0 Å². The van der Waals surface area contributed by atoms with Gasteiger partial charge in [0.1, 0.15) is 5.75 Å². The van der Waals surface area contributed by atoms with Crippen LogP contribution in [0.5, 0.6) is 5.75 Å². The second kappa shape index (κ2) is 8.78. The highest BCUT2D eigenvalue weighted by Crippen LogP contribution is 2.27. The maximum atomic E-state index is 12.5. The van der Waals surface area contributed by atoms with Gasteiger partial charge < -0.3 is 20.7 Å². The molecule has 1 aromatic rings. The van der Waals surface area contributed by atoms with Gasteiger partial charge in [-0.2, -0.15) is 0 Å². The van der Waals surface area contributed by atoms with Gasteiger partial charge in [0.2, 0.25) is 11.8 Å². The SMILES string of the molecule is COc1ccc(Cl)cc1NCCC(=O)N1CCCCC1CC(N)=O. The largest absolute Gasteiger partial charge is 0.495 e. The number of ether oxygens (including phenoxy) is 1. The minimum atomic E-state index is -0.360. The molecule has 1 saturated heterocycles. The minimum Gasteiger partial charge on any atom is -0.495 e. The van der Waals surface area contributed by atoms with Crippen molar-refractivity contribution in [1.29, 1.82) is 0 Å². The quantitative estimate of drug-likeness (QED) is 0.788. The third-order valence-corrected chi connectivity index (χ3v) is 4.44. The first-order valence-corrected chi connectivity index (χ1v) is 8.54.